The Morgan fingerprint density at radius 2 is 1.78 bits per heavy atom. The van der Waals surface area contributed by atoms with Gasteiger partial charge in [-0.05, 0) is 66.2 Å². The van der Waals surface area contributed by atoms with Gasteiger partial charge in [0.1, 0.15) is 11.4 Å². The van der Waals surface area contributed by atoms with E-state index in [2.05, 4.69) is 71.7 Å². The molecule has 1 heterocycles. The molecule has 0 bridgehead atoms. The lowest BCUT2D eigenvalue weighted by molar-refractivity contribution is 0.0759. The zero-order valence-electron chi connectivity index (χ0n) is 18.2. The van der Waals surface area contributed by atoms with Crippen molar-refractivity contribution in [3.63, 3.8) is 0 Å². The highest BCUT2D eigenvalue weighted by molar-refractivity contribution is 5.78. The summed E-state index contributed by atoms with van der Waals surface area (Å²) in [6.45, 7) is 0. The molecule has 3 heteroatoms. The molecule has 1 fully saturated rings. The number of hydrogen-bond donors (Lipinski definition) is 1. The Morgan fingerprint density at radius 3 is 2.62 bits per heavy atom. The average Bonchev–Trinajstić information content (AvgIpc) is 3.63. The van der Waals surface area contributed by atoms with Gasteiger partial charge in [-0.1, -0.05) is 60.7 Å². The fourth-order valence-corrected chi connectivity index (χ4v) is 5.31. The van der Waals surface area contributed by atoms with Crippen LogP contribution in [-0.4, -0.2) is 12.2 Å². The Labute approximate surface area is 189 Å². The van der Waals surface area contributed by atoms with E-state index in [9.17, 15) is 5.11 Å². The maximum atomic E-state index is 12.4. The van der Waals surface area contributed by atoms with Crippen LogP contribution in [0.25, 0.3) is 0 Å². The monoisotopic (exact) mass is 421 g/mol. The third-order valence-corrected chi connectivity index (χ3v) is 7.15. The van der Waals surface area contributed by atoms with E-state index >= 15 is 0 Å². The minimum atomic E-state index is -1.12. The van der Waals surface area contributed by atoms with Crippen molar-refractivity contribution in [1.82, 2.24) is 0 Å². The van der Waals surface area contributed by atoms with Crippen molar-refractivity contribution in [2.24, 2.45) is 11.8 Å². The molecular weight excluding hydrogens is 394 g/mol. The molecule has 3 nitrogen and oxygen atoms in total. The van der Waals surface area contributed by atoms with Crippen LogP contribution in [-0.2, 0) is 16.8 Å². The van der Waals surface area contributed by atoms with Gasteiger partial charge in [0.05, 0.1) is 12.8 Å². The summed E-state index contributed by atoms with van der Waals surface area (Å²) in [5.74, 6) is 2.14. The minimum Gasteiger partial charge on any atom is -0.497 e. The molecule has 1 N–H and O–H groups in total. The molecule has 3 unspecified atom stereocenters. The van der Waals surface area contributed by atoms with E-state index in [1.54, 1.807) is 7.11 Å². The first-order valence-corrected chi connectivity index (χ1v) is 11.4. The highest BCUT2D eigenvalue weighted by Gasteiger charge is 2.42. The molecule has 2 aromatic rings. The zero-order chi connectivity index (χ0) is 21.7. The average molecular weight is 422 g/mol. The van der Waals surface area contributed by atoms with Gasteiger partial charge in [0, 0.05) is 23.4 Å². The van der Waals surface area contributed by atoms with Crippen LogP contribution in [0.3, 0.4) is 0 Å². The largest absolute Gasteiger partial charge is 0.497 e. The first kappa shape index (κ1) is 19.4. The van der Waals surface area contributed by atoms with Crippen molar-refractivity contribution >= 4 is 11.4 Å². The number of aliphatic hydroxyl groups is 1. The van der Waals surface area contributed by atoms with E-state index in [0.29, 0.717) is 24.7 Å². The van der Waals surface area contributed by atoms with E-state index in [1.165, 1.54) is 12.1 Å². The smallest absolute Gasteiger partial charge is 0.118 e. The Balaban J connectivity index is 1.57. The summed E-state index contributed by atoms with van der Waals surface area (Å²) in [6.07, 6.45) is 17.5. The molecule has 2 aromatic carbocycles. The van der Waals surface area contributed by atoms with Crippen molar-refractivity contribution in [3.05, 3.63) is 119 Å². The number of anilines is 2. The van der Waals surface area contributed by atoms with Crippen LogP contribution in [0.15, 0.2) is 108 Å². The first-order valence-electron chi connectivity index (χ1n) is 11.4. The number of allylic oxidation sites excluding steroid dienone is 7. The number of para-hydroxylation sites is 2. The number of methoxy groups -OCH3 is 1. The molecule has 160 valence electrons. The predicted molar refractivity (Wildman–Crippen MR) is 128 cm³/mol. The lowest BCUT2D eigenvalue weighted by atomic mass is 9.79. The van der Waals surface area contributed by atoms with Gasteiger partial charge in [-0.3, -0.25) is 0 Å². The molecule has 6 rings (SSSR count). The maximum Gasteiger partial charge on any atom is 0.118 e. The van der Waals surface area contributed by atoms with E-state index in [4.69, 9.17) is 4.74 Å². The van der Waals surface area contributed by atoms with Crippen molar-refractivity contribution in [2.75, 3.05) is 12.0 Å². The van der Waals surface area contributed by atoms with Crippen molar-refractivity contribution in [2.45, 2.75) is 24.9 Å². The van der Waals surface area contributed by atoms with Crippen LogP contribution in [0.5, 0.6) is 0 Å². The fraction of sp³-hybridized carbons (Fsp3) is 0.241. The van der Waals surface area contributed by atoms with Gasteiger partial charge in [0.2, 0.25) is 0 Å². The lowest BCUT2D eigenvalue weighted by Crippen LogP contribution is -2.31. The Hall–Kier alpha value is -3.30. The van der Waals surface area contributed by atoms with Gasteiger partial charge in [-0.2, -0.15) is 0 Å². The molecule has 0 amide bonds. The number of benzene rings is 2. The third-order valence-electron chi connectivity index (χ3n) is 7.15. The molecule has 32 heavy (non-hydrogen) atoms. The van der Waals surface area contributed by atoms with E-state index in [-0.39, 0.29) is 0 Å². The Kier molecular flexibility index (Phi) is 4.48. The number of hydrogen-bond acceptors (Lipinski definition) is 3. The third kappa shape index (κ3) is 3.08. The second-order valence-corrected chi connectivity index (χ2v) is 9.10. The van der Waals surface area contributed by atoms with Gasteiger partial charge in [-0.15, -0.1) is 0 Å². The topological polar surface area (TPSA) is 32.7 Å². The summed E-state index contributed by atoms with van der Waals surface area (Å²) < 4.78 is 5.43. The second kappa shape index (κ2) is 7.39. The molecule has 0 radical (unpaired) electrons. The molecule has 0 saturated heterocycles. The molecule has 0 spiro atoms. The maximum absolute atomic E-state index is 12.4. The van der Waals surface area contributed by atoms with Gasteiger partial charge in [0.25, 0.3) is 0 Å². The SMILES string of the molecule is COC1=CC=C(C2(O)Cc3ccccc3N(C3=CC4CC4C=C3)c3ccccc32)CC=C1. The van der Waals surface area contributed by atoms with Crippen LogP contribution >= 0.6 is 0 Å². The van der Waals surface area contributed by atoms with Crippen molar-refractivity contribution in [3.8, 4) is 0 Å². The van der Waals surface area contributed by atoms with E-state index in [1.807, 2.05) is 24.3 Å². The van der Waals surface area contributed by atoms with Crippen LogP contribution in [0.2, 0.25) is 0 Å². The highest BCUT2D eigenvalue weighted by Crippen LogP contribution is 2.51. The van der Waals surface area contributed by atoms with Crippen LogP contribution < -0.4 is 4.90 Å². The number of rotatable bonds is 3. The Morgan fingerprint density at radius 1 is 0.969 bits per heavy atom. The summed E-state index contributed by atoms with van der Waals surface area (Å²) in [4.78, 5) is 2.34. The molecule has 1 saturated carbocycles. The summed E-state index contributed by atoms with van der Waals surface area (Å²) >= 11 is 0. The van der Waals surface area contributed by atoms with Gasteiger partial charge < -0.3 is 14.7 Å². The molecule has 3 atom stereocenters. The second-order valence-electron chi connectivity index (χ2n) is 9.10. The molecule has 0 aromatic heterocycles. The highest BCUT2D eigenvalue weighted by atomic mass is 16.5. The quantitative estimate of drug-likeness (QED) is 0.652. The lowest BCUT2D eigenvalue weighted by Gasteiger charge is -2.33. The van der Waals surface area contributed by atoms with Crippen molar-refractivity contribution < 1.29 is 9.84 Å². The number of nitrogens with zero attached hydrogens (tertiary/aromatic N) is 1. The minimum absolute atomic E-state index is 0.523. The molecule has 1 aliphatic heterocycles. The summed E-state index contributed by atoms with van der Waals surface area (Å²) in [6, 6.07) is 16.8. The summed E-state index contributed by atoms with van der Waals surface area (Å²) in [5.41, 5.74) is 5.32. The van der Waals surface area contributed by atoms with Crippen LogP contribution in [0.1, 0.15) is 24.0 Å². The zero-order valence-corrected chi connectivity index (χ0v) is 18.2. The van der Waals surface area contributed by atoms with Crippen molar-refractivity contribution in [1.29, 1.82) is 0 Å². The van der Waals surface area contributed by atoms with Gasteiger partial charge >= 0.3 is 0 Å². The predicted octanol–water partition coefficient (Wildman–Crippen LogP) is 6.07. The number of fused-ring (bicyclic) bond motifs is 3. The van der Waals surface area contributed by atoms with E-state index < -0.39 is 5.60 Å². The standard InChI is InChI=1S/C29H27NO2/c1-32-25-9-6-8-23(14-16-25)29(31)19-21-7-2-4-11-27(21)30(28-12-5-3-10-26(28)29)24-15-13-20-17-22(20)18-24/h2-7,9-16,18,20,22,31H,8,17,19H2,1H3. The van der Waals surface area contributed by atoms with E-state index in [0.717, 1.165) is 33.8 Å². The summed E-state index contributed by atoms with van der Waals surface area (Å²) in [7, 11) is 1.68. The fourth-order valence-electron chi connectivity index (χ4n) is 5.31. The summed E-state index contributed by atoms with van der Waals surface area (Å²) in [5, 5.41) is 12.4. The first-order chi connectivity index (χ1) is 15.7. The van der Waals surface area contributed by atoms with Crippen LogP contribution in [0, 0.1) is 11.8 Å². The number of ether oxygens (including phenoxy) is 1. The Bertz CT molecular complexity index is 1230. The van der Waals surface area contributed by atoms with Gasteiger partial charge in [-0.25, -0.2) is 0 Å². The molecule has 3 aliphatic carbocycles. The van der Waals surface area contributed by atoms with Gasteiger partial charge in [0.15, 0.2) is 0 Å². The molecular formula is C29H27NO2. The molecule has 4 aliphatic rings. The van der Waals surface area contributed by atoms with Crippen LogP contribution in [0.4, 0.5) is 11.4 Å². The normalized spacial score (nSPS) is 27.7.